The highest BCUT2D eigenvalue weighted by Crippen LogP contribution is 2.44. The third-order valence-electron chi connectivity index (χ3n) is 7.06. The molecule has 0 atom stereocenters. The molecule has 30 heavy (non-hydrogen) atoms. The van der Waals surface area contributed by atoms with Crippen molar-refractivity contribution in [2.75, 3.05) is 31.7 Å². The van der Waals surface area contributed by atoms with Crippen molar-refractivity contribution in [3.05, 3.63) is 40.7 Å². The molecule has 1 aromatic carbocycles. The summed E-state index contributed by atoms with van der Waals surface area (Å²) in [4.78, 5) is 8.82. The van der Waals surface area contributed by atoms with Crippen LogP contribution in [-0.4, -0.2) is 42.4 Å². The first kappa shape index (κ1) is 19.7. The highest BCUT2D eigenvalue weighted by atomic mass is 15.3. The molecule has 5 rings (SSSR count). The molecule has 0 unspecified atom stereocenters. The van der Waals surface area contributed by atoms with Gasteiger partial charge in [-0.2, -0.15) is 5.10 Å². The number of H-pyrrole nitrogens is 1. The topological polar surface area (TPSA) is 46.7 Å². The fraction of sp³-hybridized carbons (Fsp3) is 0.560. The molecule has 5 heteroatoms. The minimum atomic E-state index is 0.161. The van der Waals surface area contributed by atoms with E-state index in [0.717, 1.165) is 44.7 Å². The zero-order valence-corrected chi connectivity index (χ0v) is 18.9. The van der Waals surface area contributed by atoms with Crippen LogP contribution in [0.2, 0.25) is 0 Å². The Kier molecular flexibility index (Phi) is 4.89. The predicted octanol–water partition coefficient (Wildman–Crippen LogP) is 4.87. The lowest BCUT2D eigenvalue weighted by atomic mass is 9.86. The normalized spacial score (nSPS) is 19.7. The number of hydrazone groups is 1. The Hall–Kier alpha value is -2.27. The van der Waals surface area contributed by atoms with E-state index < -0.39 is 0 Å². The Morgan fingerprint density at radius 2 is 2.10 bits per heavy atom. The summed E-state index contributed by atoms with van der Waals surface area (Å²) in [6.45, 7) is 10.3. The second-order valence-electron chi connectivity index (χ2n) is 10.1. The molecule has 1 aromatic heterocycles. The molecule has 3 aliphatic rings. The van der Waals surface area contributed by atoms with E-state index in [1.165, 1.54) is 58.2 Å². The number of nitrogens with one attached hydrogen (secondary N) is 2. The third-order valence-corrected chi connectivity index (χ3v) is 7.06. The summed E-state index contributed by atoms with van der Waals surface area (Å²) in [5.41, 5.74) is 12.8. The van der Waals surface area contributed by atoms with Crippen LogP contribution >= 0.6 is 0 Å². The van der Waals surface area contributed by atoms with E-state index in [2.05, 4.69) is 71.5 Å². The number of aromatic amines is 1. The Labute approximate surface area is 180 Å². The lowest BCUT2D eigenvalue weighted by Gasteiger charge is -2.28. The summed E-state index contributed by atoms with van der Waals surface area (Å²) in [6.07, 6.45) is 9.03. The molecule has 0 saturated carbocycles. The van der Waals surface area contributed by atoms with Crippen molar-refractivity contribution in [2.24, 2.45) is 5.10 Å². The van der Waals surface area contributed by atoms with E-state index in [0.29, 0.717) is 0 Å². The van der Waals surface area contributed by atoms with Gasteiger partial charge in [0.15, 0.2) is 0 Å². The van der Waals surface area contributed by atoms with E-state index in [-0.39, 0.29) is 5.41 Å². The number of anilines is 1. The molecule has 0 saturated heterocycles. The molecule has 2 bridgehead atoms. The van der Waals surface area contributed by atoms with Gasteiger partial charge in [-0.3, -0.25) is 10.3 Å². The minimum absolute atomic E-state index is 0.161. The van der Waals surface area contributed by atoms with Crippen molar-refractivity contribution < 1.29 is 0 Å². The molecule has 2 N–H and O–H groups in total. The molecule has 160 valence electrons. The van der Waals surface area contributed by atoms with Crippen molar-refractivity contribution in [1.29, 1.82) is 0 Å². The van der Waals surface area contributed by atoms with Crippen molar-refractivity contribution in [3.63, 3.8) is 0 Å². The number of aryl methyl sites for hydroxylation is 1. The number of fused-ring (bicyclic) bond motifs is 7. The number of rotatable bonds is 5. The Balaban J connectivity index is 1.56. The third kappa shape index (κ3) is 3.33. The summed E-state index contributed by atoms with van der Waals surface area (Å²) in [6, 6.07) is 4.90. The van der Waals surface area contributed by atoms with E-state index in [9.17, 15) is 0 Å². The quantitative estimate of drug-likeness (QED) is 0.746. The maximum Gasteiger partial charge on any atom is 0.0885 e. The molecule has 2 aliphatic heterocycles. The average Bonchev–Trinajstić information content (AvgIpc) is 3.19. The first-order valence-corrected chi connectivity index (χ1v) is 11.6. The van der Waals surface area contributed by atoms with E-state index in [1.54, 1.807) is 0 Å². The standard InChI is InChI=1S/C25H35N5/c1-5-6-10-29(4)16-30-15-25(2,3)20-13-21-19(12-23(20)30)18-9-7-8-17-11-22(24(18)27-21)28-26-14-17/h12-14,26-27H,5-11,15-16H2,1-4H3. The SMILES string of the molecule is CCCCN(C)CN1CC(C)(C)c2cc3[nH]c4c(c3cc21)CCCC1=CNN=C4C1. The number of unbranched alkanes of at least 4 members (excludes halogenated alkanes) is 1. The number of allylic oxidation sites excluding steroid dienone is 1. The molecule has 0 amide bonds. The van der Waals surface area contributed by atoms with E-state index in [4.69, 9.17) is 0 Å². The molecule has 0 spiro atoms. The van der Waals surface area contributed by atoms with Crippen molar-refractivity contribution in [2.45, 2.75) is 64.7 Å². The van der Waals surface area contributed by atoms with Crippen LogP contribution in [0.4, 0.5) is 5.69 Å². The molecule has 3 heterocycles. The first-order valence-electron chi connectivity index (χ1n) is 11.6. The van der Waals surface area contributed by atoms with Crippen LogP contribution in [0, 0.1) is 0 Å². The molecule has 5 nitrogen and oxygen atoms in total. The molecular formula is C25H35N5. The fourth-order valence-corrected chi connectivity index (χ4v) is 5.46. The maximum absolute atomic E-state index is 4.62. The minimum Gasteiger partial charge on any atom is -0.357 e. The van der Waals surface area contributed by atoms with Crippen LogP contribution in [0.5, 0.6) is 0 Å². The molecule has 0 radical (unpaired) electrons. The van der Waals surface area contributed by atoms with Crippen LogP contribution in [0.1, 0.15) is 69.7 Å². The molecule has 1 aliphatic carbocycles. The second kappa shape index (κ2) is 7.45. The number of benzene rings is 1. The molecular weight excluding hydrogens is 370 g/mol. The number of nitrogens with zero attached hydrogens (tertiary/aromatic N) is 3. The van der Waals surface area contributed by atoms with Gasteiger partial charge in [0.2, 0.25) is 0 Å². The van der Waals surface area contributed by atoms with Gasteiger partial charge in [0.1, 0.15) is 0 Å². The molecule has 0 fully saturated rings. The predicted molar refractivity (Wildman–Crippen MR) is 126 cm³/mol. The van der Waals surface area contributed by atoms with Gasteiger partial charge >= 0.3 is 0 Å². The number of aromatic nitrogens is 1. The smallest absolute Gasteiger partial charge is 0.0885 e. The van der Waals surface area contributed by atoms with Crippen LogP contribution in [-0.2, 0) is 11.8 Å². The van der Waals surface area contributed by atoms with Crippen molar-refractivity contribution >= 4 is 22.3 Å². The van der Waals surface area contributed by atoms with Crippen LogP contribution in [0.15, 0.2) is 29.0 Å². The van der Waals surface area contributed by atoms with Crippen LogP contribution in [0.25, 0.3) is 10.9 Å². The largest absolute Gasteiger partial charge is 0.357 e. The van der Waals surface area contributed by atoms with Gasteiger partial charge in [-0.25, -0.2) is 0 Å². The van der Waals surface area contributed by atoms with Gasteiger partial charge < -0.3 is 9.88 Å². The number of hydrogen-bond donors (Lipinski definition) is 2. The Morgan fingerprint density at radius 1 is 1.23 bits per heavy atom. The monoisotopic (exact) mass is 405 g/mol. The summed E-state index contributed by atoms with van der Waals surface area (Å²) in [7, 11) is 2.25. The van der Waals surface area contributed by atoms with Gasteiger partial charge in [-0.15, -0.1) is 0 Å². The highest BCUT2D eigenvalue weighted by Gasteiger charge is 2.36. The van der Waals surface area contributed by atoms with Crippen molar-refractivity contribution in [3.8, 4) is 0 Å². The Bertz CT molecular complexity index is 1030. The zero-order chi connectivity index (χ0) is 20.9. The Morgan fingerprint density at radius 3 is 2.93 bits per heavy atom. The van der Waals surface area contributed by atoms with Crippen LogP contribution in [0.3, 0.4) is 0 Å². The lowest BCUT2D eigenvalue weighted by molar-refractivity contribution is 0.322. The summed E-state index contributed by atoms with van der Waals surface area (Å²) >= 11 is 0. The van der Waals surface area contributed by atoms with Gasteiger partial charge in [-0.05, 0) is 68.1 Å². The second-order valence-corrected chi connectivity index (χ2v) is 10.1. The first-order chi connectivity index (χ1) is 14.5. The highest BCUT2D eigenvalue weighted by molar-refractivity contribution is 6.07. The average molecular weight is 406 g/mol. The summed E-state index contributed by atoms with van der Waals surface area (Å²) in [5, 5.41) is 6.01. The van der Waals surface area contributed by atoms with Gasteiger partial charge in [0.05, 0.1) is 18.1 Å². The summed E-state index contributed by atoms with van der Waals surface area (Å²) < 4.78 is 0. The van der Waals surface area contributed by atoms with Gasteiger partial charge in [0.25, 0.3) is 0 Å². The van der Waals surface area contributed by atoms with Gasteiger partial charge in [-0.1, -0.05) is 27.2 Å². The summed E-state index contributed by atoms with van der Waals surface area (Å²) in [5.74, 6) is 0. The molecule has 2 aromatic rings. The van der Waals surface area contributed by atoms with Crippen LogP contribution < -0.4 is 10.3 Å². The lowest BCUT2D eigenvalue weighted by Crippen LogP contribution is -2.37. The fourth-order valence-electron chi connectivity index (χ4n) is 5.46. The van der Waals surface area contributed by atoms with E-state index in [1.807, 2.05) is 0 Å². The van der Waals surface area contributed by atoms with Gasteiger partial charge in [0, 0.05) is 41.2 Å². The number of hydrogen-bond acceptors (Lipinski definition) is 4. The zero-order valence-electron chi connectivity index (χ0n) is 18.9. The van der Waals surface area contributed by atoms with Crippen molar-refractivity contribution in [1.82, 2.24) is 15.3 Å². The van der Waals surface area contributed by atoms with E-state index >= 15 is 0 Å². The maximum atomic E-state index is 4.62.